The maximum Gasteiger partial charge on any atom is 0.418 e. The Balaban J connectivity index is 1.39. The van der Waals surface area contributed by atoms with Gasteiger partial charge in [0.1, 0.15) is 12.2 Å². The second kappa shape index (κ2) is 10.5. The van der Waals surface area contributed by atoms with Crippen molar-refractivity contribution in [3.8, 4) is 5.69 Å². The number of aromatic nitrogens is 5. The summed E-state index contributed by atoms with van der Waals surface area (Å²) < 4.78 is 52.5. The van der Waals surface area contributed by atoms with E-state index in [-0.39, 0.29) is 17.5 Å². The SMILES string of the molecule is COC1CCN(Cc2cc(C(F)(F)F)c3cn(-c4cccc([C@H](c5nncn5C)C5CCC5)c4)c(=O)n3c2)CC1. The van der Waals surface area contributed by atoms with Gasteiger partial charge in [-0.15, -0.1) is 10.2 Å². The second-order valence-corrected chi connectivity index (χ2v) is 11.1. The molecule has 8 nitrogen and oxygen atoms in total. The minimum atomic E-state index is -4.61. The van der Waals surface area contributed by atoms with Gasteiger partial charge in [0, 0.05) is 52.1 Å². The van der Waals surface area contributed by atoms with Crippen molar-refractivity contribution in [2.45, 2.75) is 56.8 Å². The number of benzene rings is 1. The van der Waals surface area contributed by atoms with Crippen LogP contribution < -0.4 is 5.69 Å². The van der Waals surface area contributed by atoms with Crippen LogP contribution in [-0.2, 0) is 24.5 Å². The highest BCUT2D eigenvalue weighted by molar-refractivity contribution is 5.58. The van der Waals surface area contributed by atoms with E-state index in [1.165, 1.54) is 16.8 Å². The van der Waals surface area contributed by atoms with Crippen LogP contribution in [0, 0.1) is 5.92 Å². The molecule has 11 heteroatoms. The predicted octanol–water partition coefficient (Wildman–Crippen LogP) is 4.78. The largest absolute Gasteiger partial charge is 0.418 e. The number of nitrogens with zero attached hydrogens (tertiary/aromatic N) is 6. The summed E-state index contributed by atoms with van der Waals surface area (Å²) in [6.07, 6.45) is 5.03. The number of methoxy groups -OCH3 is 1. The fourth-order valence-corrected chi connectivity index (χ4v) is 6.15. The van der Waals surface area contributed by atoms with Gasteiger partial charge in [0.05, 0.1) is 22.9 Å². The molecule has 1 atom stereocenters. The first-order valence-corrected chi connectivity index (χ1v) is 13.8. The molecule has 0 bridgehead atoms. The third kappa shape index (κ3) is 4.96. The average molecular weight is 555 g/mol. The Bertz CT molecular complexity index is 1560. The van der Waals surface area contributed by atoms with Crippen LogP contribution in [0.5, 0.6) is 0 Å². The summed E-state index contributed by atoms with van der Waals surface area (Å²) in [6.45, 7) is 1.80. The number of fused-ring (bicyclic) bond motifs is 1. The lowest BCUT2D eigenvalue weighted by Gasteiger charge is -2.33. The van der Waals surface area contributed by atoms with Gasteiger partial charge in [-0.2, -0.15) is 13.2 Å². The number of ether oxygens (including phenoxy) is 1. The van der Waals surface area contributed by atoms with Crippen molar-refractivity contribution in [2.75, 3.05) is 20.2 Å². The van der Waals surface area contributed by atoms with Crippen LogP contribution >= 0.6 is 0 Å². The van der Waals surface area contributed by atoms with Crippen molar-refractivity contribution in [1.82, 2.24) is 28.6 Å². The van der Waals surface area contributed by atoms with Crippen LogP contribution in [0.15, 0.2) is 53.8 Å². The highest BCUT2D eigenvalue weighted by Gasteiger charge is 2.35. The van der Waals surface area contributed by atoms with Crippen molar-refractivity contribution in [3.63, 3.8) is 0 Å². The number of pyridine rings is 1. The zero-order valence-corrected chi connectivity index (χ0v) is 22.6. The van der Waals surface area contributed by atoms with E-state index in [0.717, 1.165) is 61.0 Å². The molecule has 2 aliphatic rings. The molecule has 2 fully saturated rings. The maximum atomic E-state index is 14.2. The first-order valence-electron chi connectivity index (χ1n) is 13.8. The molecule has 0 N–H and O–H groups in total. The first kappa shape index (κ1) is 26.8. The molecule has 3 aromatic heterocycles. The van der Waals surface area contributed by atoms with Crippen molar-refractivity contribution < 1.29 is 17.9 Å². The molecule has 0 radical (unpaired) electrons. The Kier molecular flexibility index (Phi) is 7.03. The van der Waals surface area contributed by atoms with Gasteiger partial charge in [0.2, 0.25) is 0 Å². The van der Waals surface area contributed by atoms with E-state index in [1.807, 2.05) is 29.8 Å². The van der Waals surface area contributed by atoms with Gasteiger partial charge in [-0.1, -0.05) is 18.6 Å². The number of halogens is 3. The van der Waals surface area contributed by atoms with E-state index >= 15 is 0 Å². The molecule has 1 aliphatic carbocycles. The minimum Gasteiger partial charge on any atom is -0.381 e. The maximum absolute atomic E-state index is 14.2. The van der Waals surface area contributed by atoms with Crippen molar-refractivity contribution in [3.05, 3.63) is 82.1 Å². The molecule has 0 amide bonds. The molecule has 0 unspecified atom stereocenters. The summed E-state index contributed by atoms with van der Waals surface area (Å²) in [7, 11) is 3.59. The Morgan fingerprint density at radius 1 is 1.10 bits per heavy atom. The lowest BCUT2D eigenvalue weighted by atomic mass is 9.72. The standard InChI is InChI=1S/C29H33F3N6O2/c1-35-18-33-34-27(35)26(20-5-3-6-20)21-7-4-8-22(14-21)37-17-25-24(29(30,31)32)13-19(16-38(25)28(37)39)15-36-11-9-23(40-2)10-12-36/h4,7-8,13-14,16-18,20,23,26H,3,5-6,9-12,15H2,1-2H3/t26-/m1/s1. The Hall–Kier alpha value is -3.44. The predicted molar refractivity (Wildman–Crippen MR) is 143 cm³/mol. The monoisotopic (exact) mass is 554 g/mol. The molecular weight excluding hydrogens is 521 g/mol. The molecule has 0 spiro atoms. The fraction of sp³-hybridized carbons (Fsp3) is 0.483. The van der Waals surface area contributed by atoms with Gasteiger partial charge < -0.3 is 9.30 Å². The fourth-order valence-electron chi connectivity index (χ4n) is 6.15. The molecular formula is C29H33F3N6O2. The van der Waals surface area contributed by atoms with Crippen LogP contribution in [0.1, 0.15) is 60.5 Å². The number of hydrogen-bond acceptors (Lipinski definition) is 5. The normalized spacial score (nSPS) is 18.3. The molecule has 1 saturated heterocycles. The number of likely N-dealkylation sites (tertiary alicyclic amines) is 1. The topological polar surface area (TPSA) is 69.6 Å². The number of rotatable bonds is 7. The number of alkyl halides is 3. The second-order valence-electron chi connectivity index (χ2n) is 11.1. The molecule has 40 heavy (non-hydrogen) atoms. The van der Waals surface area contributed by atoms with Gasteiger partial charge in [0.15, 0.2) is 0 Å². The zero-order chi connectivity index (χ0) is 28.0. The Morgan fingerprint density at radius 2 is 1.88 bits per heavy atom. The molecule has 1 saturated carbocycles. The average Bonchev–Trinajstić information content (AvgIpc) is 3.48. The van der Waals surface area contributed by atoms with Gasteiger partial charge in [0.25, 0.3) is 0 Å². The summed E-state index contributed by atoms with van der Waals surface area (Å²) in [4.78, 5) is 15.7. The summed E-state index contributed by atoms with van der Waals surface area (Å²) in [5, 5.41) is 8.42. The van der Waals surface area contributed by atoms with Crippen LogP contribution in [0.4, 0.5) is 13.2 Å². The van der Waals surface area contributed by atoms with Crippen molar-refractivity contribution in [1.29, 1.82) is 0 Å². The lowest BCUT2D eigenvalue weighted by Crippen LogP contribution is -2.36. The smallest absolute Gasteiger partial charge is 0.381 e. The highest BCUT2D eigenvalue weighted by Crippen LogP contribution is 2.43. The molecule has 1 aromatic carbocycles. The number of hydrogen-bond donors (Lipinski definition) is 0. The number of imidazole rings is 1. The molecule has 4 aromatic rings. The van der Waals surface area contributed by atoms with Crippen molar-refractivity contribution >= 4 is 5.52 Å². The molecule has 4 heterocycles. The lowest BCUT2D eigenvalue weighted by molar-refractivity contribution is -0.136. The summed E-state index contributed by atoms with van der Waals surface area (Å²) in [6, 6.07) is 8.67. The first-order chi connectivity index (χ1) is 19.2. The molecule has 212 valence electrons. The van der Waals surface area contributed by atoms with E-state index in [9.17, 15) is 18.0 Å². The van der Waals surface area contributed by atoms with Crippen LogP contribution in [0.2, 0.25) is 0 Å². The molecule has 6 rings (SSSR count). The van der Waals surface area contributed by atoms with E-state index in [1.54, 1.807) is 25.7 Å². The summed E-state index contributed by atoms with van der Waals surface area (Å²) >= 11 is 0. The van der Waals surface area contributed by atoms with E-state index < -0.39 is 17.4 Å². The molecule has 1 aliphatic heterocycles. The van der Waals surface area contributed by atoms with E-state index in [2.05, 4.69) is 15.1 Å². The quantitative estimate of drug-likeness (QED) is 0.329. The van der Waals surface area contributed by atoms with Crippen LogP contribution in [-0.4, -0.2) is 54.9 Å². The number of piperidine rings is 1. The summed E-state index contributed by atoms with van der Waals surface area (Å²) in [5.74, 6) is 1.24. The van der Waals surface area contributed by atoms with Crippen LogP contribution in [0.3, 0.4) is 0 Å². The van der Waals surface area contributed by atoms with E-state index in [4.69, 9.17) is 4.74 Å². The summed E-state index contributed by atoms with van der Waals surface area (Å²) in [5.41, 5.74) is 0.447. The highest BCUT2D eigenvalue weighted by atomic mass is 19.4. The third-order valence-corrected chi connectivity index (χ3v) is 8.56. The van der Waals surface area contributed by atoms with Gasteiger partial charge >= 0.3 is 11.9 Å². The van der Waals surface area contributed by atoms with Gasteiger partial charge in [-0.3, -0.25) is 13.9 Å². The number of aryl methyl sites for hydroxylation is 1. The van der Waals surface area contributed by atoms with Crippen LogP contribution in [0.25, 0.3) is 11.2 Å². The van der Waals surface area contributed by atoms with E-state index in [0.29, 0.717) is 23.7 Å². The van der Waals surface area contributed by atoms with Gasteiger partial charge in [-0.25, -0.2) is 4.79 Å². The zero-order valence-electron chi connectivity index (χ0n) is 22.6. The van der Waals surface area contributed by atoms with Crippen molar-refractivity contribution in [2.24, 2.45) is 13.0 Å². The third-order valence-electron chi connectivity index (χ3n) is 8.56. The minimum absolute atomic E-state index is 0.00600. The Morgan fingerprint density at radius 3 is 2.50 bits per heavy atom. The van der Waals surface area contributed by atoms with Gasteiger partial charge in [-0.05, 0) is 60.9 Å². The Labute approximate surface area is 230 Å².